The molecule has 0 spiro atoms. The molecule has 0 heterocycles. The molecule has 4 nitrogen and oxygen atoms in total. The Morgan fingerprint density at radius 1 is 1.00 bits per heavy atom. The number of aliphatic carboxylic acids is 1. The summed E-state index contributed by atoms with van der Waals surface area (Å²) >= 11 is 3.59. The monoisotopic (exact) mass is 517 g/mol. The number of halogens is 1. The van der Waals surface area contributed by atoms with Gasteiger partial charge in [0.1, 0.15) is 0 Å². The van der Waals surface area contributed by atoms with Gasteiger partial charge in [-0.1, -0.05) is 52.3 Å². The standard InChI is InChI=1S/C29H28BrNO3/c1-16-23(18-5-3-2-4-6-18)11-19-7-8-22(30)12-24(19)25(16)27(32)31-26-20-9-17-10-21(26)15-29(13-17,14-20)28(33)34/h2-8,11-12,17,20-21,26H,9-10,13-15H2,1H3,(H,31,32)(H,33,34). The van der Waals surface area contributed by atoms with Gasteiger partial charge in [-0.2, -0.15) is 0 Å². The first-order valence-electron chi connectivity index (χ1n) is 12.2. The highest BCUT2D eigenvalue weighted by Gasteiger charge is 2.59. The molecule has 3 aromatic carbocycles. The molecule has 2 unspecified atom stereocenters. The Hall–Kier alpha value is -2.66. The summed E-state index contributed by atoms with van der Waals surface area (Å²) in [6.07, 6.45) is 4.26. The summed E-state index contributed by atoms with van der Waals surface area (Å²) in [6.45, 7) is 2.04. The number of carboxylic acid groups (broad SMARTS) is 1. The second-order valence-corrected chi connectivity index (χ2v) is 11.6. The van der Waals surface area contributed by atoms with Crippen molar-refractivity contribution in [3.05, 3.63) is 70.2 Å². The van der Waals surface area contributed by atoms with Crippen LogP contribution in [-0.2, 0) is 4.79 Å². The summed E-state index contributed by atoms with van der Waals surface area (Å²) in [5.41, 5.74) is 3.28. The summed E-state index contributed by atoms with van der Waals surface area (Å²) in [5, 5.41) is 15.3. The molecule has 5 heteroatoms. The van der Waals surface area contributed by atoms with Crippen LogP contribution in [0, 0.1) is 30.1 Å². The molecule has 0 aromatic heterocycles. The molecular formula is C29H28BrNO3. The Morgan fingerprint density at radius 3 is 2.38 bits per heavy atom. The molecule has 34 heavy (non-hydrogen) atoms. The van der Waals surface area contributed by atoms with Crippen molar-refractivity contribution in [3.8, 4) is 11.1 Å². The van der Waals surface area contributed by atoms with Gasteiger partial charge in [0.05, 0.1) is 11.0 Å². The van der Waals surface area contributed by atoms with E-state index >= 15 is 0 Å². The molecule has 174 valence electrons. The zero-order valence-corrected chi connectivity index (χ0v) is 20.8. The fourth-order valence-electron chi connectivity index (χ4n) is 7.43. The molecule has 4 saturated carbocycles. The predicted octanol–water partition coefficient (Wildman–Crippen LogP) is 6.59. The summed E-state index contributed by atoms with van der Waals surface area (Å²) in [7, 11) is 0. The molecule has 2 atom stereocenters. The van der Waals surface area contributed by atoms with Crippen LogP contribution in [0.3, 0.4) is 0 Å². The van der Waals surface area contributed by atoms with Crippen LogP contribution >= 0.6 is 15.9 Å². The Labute approximate surface area is 207 Å². The van der Waals surface area contributed by atoms with Crippen LogP contribution in [0.1, 0.15) is 48.0 Å². The number of amides is 1. The number of benzene rings is 3. The number of fused-ring (bicyclic) bond motifs is 1. The number of carboxylic acids is 1. The van der Waals surface area contributed by atoms with Gasteiger partial charge < -0.3 is 10.4 Å². The quantitative estimate of drug-likeness (QED) is 0.410. The lowest BCUT2D eigenvalue weighted by Crippen LogP contribution is -2.61. The van der Waals surface area contributed by atoms with Crippen LogP contribution in [0.4, 0.5) is 0 Å². The molecule has 3 aromatic rings. The van der Waals surface area contributed by atoms with E-state index < -0.39 is 11.4 Å². The van der Waals surface area contributed by atoms with Gasteiger partial charge in [-0.25, -0.2) is 0 Å². The van der Waals surface area contributed by atoms with Gasteiger partial charge in [0, 0.05) is 10.5 Å². The molecule has 4 fully saturated rings. The van der Waals surface area contributed by atoms with Gasteiger partial charge >= 0.3 is 5.97 Å². The smallest absolute Gasteiger partial charge is 0.309 e. The lowest BCUT2D eigenvalue weighted by molar-refractivity contribution is -0.166. The zero-order valence-electron chi connectivity index (χ0n) is 19.2. The zero-order chi connectivity index (χ0) is 23.6. The van der Waals surface area contributed by atoms with E-state index in [9.17, 15) is 14.7 Å². The number of nitrogens with one attached hydrogen (secondary N) is 1. The number of rotatable bonds is 4. The maximum Gasteiger partial charge on any atom is 0.309 e. The van der Waals surface area contributed by atoms with Crippen molar-refractivity contribution in [2.75, 3.05) is 0 Å². The third kappa shape index (κ3) is 3.39. The predicted molar refractivity (Wildman–Crippen MR) is 137 cm³/mol. The Morgan fingerprint density at radius 2 is 1.71 bits per heavy atom. The summed E-state index contributed by atoms with van der Waals surface area (Å²) in [5.74, 6) is 0.310. The molecule has 2 N–H and O–H groups in total. The van der Waals surface area contributed by atoms with Crippen molar-refractivity contribution in [2.24, 2.45) is 23.2 Å². The Balaban J connectivity index is 1.40. The van der Waals surface area contributed by atoms with E-state index in [0.29, 0.717) is 18.8 Å². The third-order valence-electron chi connectivity index (χ3n) is 8.70. The summed E-state index contributed by atoms with van der Waals surface area (Å²) in [6, 6.07) is 18.5. The van der Waals surface area contributed by atoms with E-state index in [-0.39, 0.29) is 23.8 Å². The molecular weight excluding hydrogens is 490 g/mol. The molecule has 4 aliphatic carbocycles. The normalized spacial score (nSPS) is 29.4. The van der Waals surface area contributed by atoms with Gasteiger partial charge in [-0.05, 0) is 102 Å². The van der Waals surface area contributed by atoms with Crippen molar-refractivity contribution < 1.29 is 14.7 Å². The molecule has 1 amide bonds. The van der Waals surface area contributed by atoms with Crippen LogP contribution in [0.25, 0.3) is 21.9 Å². The van der Waals surface area contributed by atoms with E-state index in [0.717, 1.165) is 56.8 Å². The third-order valence-corrected chi connectivity index (χ3v) is 9.19. The van der Waals surface area contributed by atoms with Crippen molar-refractivity contribution in [3.63, 3.8) is 0 Å². The molecule has 0 aliphatic heterocycles. The summed E-state index contributed by atoms with van der Waals surface area (Å²) < 4.78 is 0.943. The van der Waals surface area contributed by atoms with Gasteiger partial charge in [-0.3, -0.25) is 9.59 Å². The average molecular weight is 518 g/mol. The SMILES string of the molecule is Cc1c(-c2ccccc2)cc2ccc(Br)cc2c1C(=O)NC1C2CC3CC1CC(C(=O)O)(C3)C2. The lowest BCUT2D eigenvalue weighted by Gasteiger charge is -2.58. The van der Waals surface area contributed by atoms with Crippen LogP contribution < -0.4 is 5.32 Å². The highest BCUT2D eigenvalue weighted by molar-refractivity contribution is 9.10. The number of carbonyl (C=O) groups excluding carboxylic acids is 1. The topological polar surface area (TPSA) is 66.4 Å². The Kier molecular flexibility index (Phi) is 5.10. The minimum absolute atomic E-state index is 0.0415. The molecule has 4 bridgehead atoms. The first kappa shape index (κ1) is 21.8. The van der Waals surface area contributed by atoms with Gasteiger partial charge in [-0.15, -0.1) is 0 Å². The fourth-order valence-corrected chi connectivity index (χ4v) is 7.79. The highest BCUT2D eigenvalue weighted by atomic mass is 79.9. The second-order valence-electron chi connectivity index (χ2n) is 10.7. The summed E-state index contributed by atoms with van der Waals surface area (Å²) in [4.78, 5) is 26.0. The first-order chi connectivity index (χ1) is 16.3. The van der Waals surface area contributed by atoms with Gasteiger partial charge in [0.15, 0.2) is 0 Å². The van der Waals surface area contributed by atoms with Crippen molar-refractivity contribution in [2.45, 2.75) is 45.1 Å². The van der Waals surface area contributed by atoms with E-state index in [1.54, 1.807) is 0 Å². The van der Waals surface area contributed by atoms with Gasteiger partial charge in [0.2, 0.25) is 0 Å². The van der Waals surface area contributed by atoms with Crippen molar-refractivity contribution in [1.82, 2.24) is 5.32 Å². The molecule has 7 rings (SSSR count). The Bertz CT molecular complexity index is 1300. The van der Waals surface area contributed by atoms with Crippen LogP contribution in [0.5, 0.6) is 0 Å². The van der Waals surface area contributed by atoms with E-state index in [1.165, 1.54) is 0 Å². The lowest BCUT2D eigenvalue weighted by atomic mass is 9.48. The van der Waals surface area contributed by atoms with Crippen molar-refractivity contribution in [1.29, 1.82) is 0 Å². The average Bonchev–Trinajstić information content (AvgIpc) is 2.81. The van der Waals surface area contributed by atoms with Crippen LogP contribution in [-0.4, -0.2) is 23.0 Å². The van der Waals surface area contributed by atoms with E-state index in [4.69, 9.17) is 0 Å². The maximum atomic E-state index is 13.9. The van der Waals surface area contributed by atoms with Crippen LogP contribution in [0.15, 0.2) is 59.1 Å². The highest BCUT2D eigenvalue weighted by Crippen LogP contribution is 2.60. The van der Waals surface area contributed by atoms with E-state index in [1.807, 2.05) is 37.3 Å². The molecule has 0 saturated heterocycles. The second kappa shape index (κ2) is 7.94. The van der Waals surface area contributed by atoms with Crippen LogP contribution in [0.2, 0.25) is 0 Å². The van der Waals surface area contributed by atoms with Crippen molar-refractivity contribution >= 4 is 38.6 Å². The molecule has 4 aliphatic rings. The number of carbonyl (C=O) groups is 2. The van der Waals surface area contributed by atoms with E-state index in [2.05, 4.69) is 45.5 Å². The fraction of sp³-hybridized carbons (Fsp3) is 0.379. The molecule has 0 radical (unpaired) electrons. The maximum absolute atomic E-state index is 13.9. The largest absolute Gasteiger partial charge is 0.481 e. The minimum atomic E-state index is -0.640. The number of hydrogen-bond acceptors (Lipinski definition) is 2. The number of hydrogen-bond donors (Lipinski definition) is 2. The van der Waals surface area contributed by atoms with Gasteiger partial charge in [0.25, 0.3) is 5.91 Å². The first-order valence-corrected chi connectivity index (χ1v) is 13.0. The minimum Gasteiger partial charge on any atom is -0.481 e.